The second kappa shape index (κ2) is 9.89. The third-order valence-corrected chi connectivity index (χ3v) is 6.18. The molecule has 0 spiro atoms. The van der Waals surface area contributed by atoms with Gasteiger partial charge in [-0.05, 0) is 37.8 Å². The van der Waals surface area contributed by atoms with Crippen LogP contribution in [0.15, 0.2) is 70.9 Å². The van der Waals surface area contributed by atoms with E-state index < -0.39 is 0 Å². The average Bonchev–Trinajstić information content (AvgIpc) is 3.05. The number of rotatable bonds is 2. The molecule has 4 rings (SSSR count). The fraction of sp³-hybridized carbons (Fsp3) is 0.240. The van der Waals surface area contributed by atoms with Gasteiger partial charge in [0.15, 0.2) is 0 Å². The van der Waals surface area contributed by atoms with Gasteiger partial charge in [0, 0.05) is 25.8 Å². The van der Waals surface area contributed by atoms with Crippen molar-refractivity contribution in [1.82, 2.24) is 0 Å². The van der Waals surface area contributed by atoms with Crippen LogP contribution < -0.4 is 0 Å². The van der Waals surface area contributed by atoms with Crippen molar-refractivity contribution in [2.75, 3.05) is 0 Å². The van der Waals surface area contributed by atoms with Crippen LogP contribution in [0.5, 0.6) is 0 Å². The molecule has 0 N–H and O–H groups in total. The van der Waals surface area contributed by atoms with Crippen LogP contribution in [0.2, 0.25) is 13.1 Å². The first-order chi connectivity index (χ1) is 11.6. The zero-order valence-corrected chi connectivity index (χ0v) is 21.7. The molecular formula is C25H29HfSi-3. The molecule has 0 amide bonds. The maximum Gasteiger partial charge on any atom is 0 e. The molecule has 27 heavy (non-hydrogen) atoms. The van der Waals surface area contributed by atoms with E-state index in [1.807, 2.05) is 0 Å². The number of hydrogen-bond acceptors (Lipinski definition) is 0. The zero-order chi connectivity index (χ0) is 16.7. The van der Waals surface area contributed by atoms with E-state index in [-0.39, 0.29) is 49.1 Å². The third-order valence-electron chi connectivity index (χ3n) is 5.11. The molecule has 1 aromatic rings. The van der Waals surface area contributed by atoms with Crippen LogP contribution in [-0.4, -0.2) is 14.1 Å². The zero-order valence-electron chi connectivity index (χ0n) is 17.1. The Morgan fingerprint density at radius 1 is 1.11 bits per heavy atom. The summed E-state index contributed by atoms with van der Waals surface area (Å²) in [5.74, 6) is 0.910. The maximum atomic E-state index is 3.67. The van der Waals surface area contributed by atoms with Crippen LogP contribution in [-0.2, 0) is 25.8 Å². The smallest absolute Gasteiger partial charge is 0 e. The number of allylic oxidation sites excluding steroid dienone is 9. The van der Waals surface area contributed by atoms with Gasteiger partial charge in [0.1, 0.15) is 0 Å². The Kier molecular flexibility index (Phi) is 8.76. The number of hydrogen-bond donors (Lipinski definition) is 0. The van der Waals surface area contributed by atoms with Gasteiger partial charge >= 0.3 is 0 Å². The van der Waals surface area contributed by atoms with Gasteiger partial charge in [-0.1, -0.05) is 62.5 Å². The minimum Gasteiger partial charge on any atom is -0.358 e. The molecule has 2 heteroatoms. The van der Waals surface area contributed by atoms with Crippen LogP contribution in [0.25, 0.3) is 6.08 Å². The summed E-state index contributed by atoms with van der Waals surface area (Å²) < 4.78 is 0. The predicted octanol–water partition coefficient (Wildman–Crippen LogP) is 6.40. The van der Waals surface area contributed by atoms with E-state index in [2.05, 4.69) is 86.4 Å². The van der Waals surface area contributed by atoms with Crippen molar-refractivity contribution >= 4 is 20.2 Å². The fourth-order valence-electron chi connectivity index (χ4n) is 4.18. The van der Waals surface area contributed by atoms with Crippen molar-refractivity contribution in [3.8, 4) is 0 Å². The monoisotopic (exact) mass is 537 g/mol. The first-order valence-electron chi connectivity index (χ1n) is 8.79. The second-order valence-corrected chi connectivity index (χ2v) is 9.63. The molecule has 2 atom stereocenters. The number of benzene rings is 1. The van der Waals surface area contributed by atoms with Crippen molar-refractivity contribution in [3.63, 3.8) is 0 Å². The summed E-state index contributed by atoms with van der Waals surface area (Å²) in [6, 6.07) is 8.80. The Bertz CT molecular complexity index is 873. The number of fused-ring (bicyclic) bond motifs is 2. The van der Waals surface area contributed by atoms with Gasteiger partial charge in [-0.15, -0.1) is 35.0 Å². The summed E-state index contributed by atoms with van der Waals surface area (Å²) in [5, 5.41) is 0. The van der Waals surface area contributed by atoms with E-state index in [1.165, 1.54) is 33.4 Å². The molecule has 0 aliphatic heterocycles. The van der Waals surface area contributed by atoms with E-state index in [0.717, 1.165) is 6.42 Å². The van der Waals surface area contributed by atoms with Crippen molar-refractivity contribution in [1.29, 1.82) is 0 Å². The second-order valence-electron chi connectivity index (χ2n) is 7.14. The largest absolute Gasteiger partial charge is 0.358 e. The first kappa shape index (κ1) is 23.9. The van der Waals surface area contributed by atoms with Gasteiger partial charge in [-0.3, -0.25) is 0 Å². The standard InChI is InChI=1S/C23H23Si.2CH3.Hf/c1-16-14-18-9-4-5-10-19(15-24(2)3)23(18)22(16)21-13-12-17-8-6-7-11-20(17)21;;;/h4-9,11-13,15,19,21H,10H2,1-3H3;2*1H3;/q3*-1;. The summed E-state index contributed by atoms with van der Waals surface area (Å²) in [5.41, 5.74) is 11.1. The molecule has 0 saturated heterocycles. The predicted molar refractivity (Wildman–Crippen MR) is 119 cm³/mol. The molecule has 0 nitrogen and oxygen atoms in total. The molecule has 0 aromatic heterocycles. The minimum atomic E-state index is -0.386. The van der Waals surface area contributed by atoms with Crippen molar-refractivity contribution in [3.05, 3.63) is 103 Å². The van der Waals surface area contributed by atoms with E-state index in [4.69, 9.17) is 0 Å². The fourth-order valence-corrected chi connectivity index (χ4v) is 5.29. The molecule has 0 heterocycles. The molecule has 0 fully saturated rings. The molecule has 2 unspecified atom stereocenters. The topological polar surface area (TPSA) is 0 Å². The molecule has 0 bridgehead atoms. The minimum absolute atomic E-state index is 0. The van der Waals surface area contributed by atoms with Crippen LogP contribution in [0, 0.1) is 26.8 Å². The van der Waals surface area contributed by atoms with Gasteiger partial charge in [-0.25, -0.2) is 0 Å². The average molecular weight is 536 g/mol. The third kappa shape index (κ3) is 4.49. The van der Waals surface area contributed by atoms with Crippen molar-refractivity contribution in [2.45, 2.75) is 32.4 Å². The molecule has 1 aromatic carbocycles. The molecule has 3 aliphatic rings. The summed E-state index contributed by atoms with van der Waals surface area (Å²) in [4.78, 5) is 0. The van der Waals surface area contributed by atoms with Crippen LogP contribution in [0.1, 0.15) is 30.4 Å². The maximum absolute atomic E-state index is 3.67. The van der Waals surface area contributed by atoms with Crippen LogP contribution in [0.3, 0.4) is 0 Å². The van der Waals surface area contributed by atoms with Crippen LogP contribution >= 0.6 is 0 Å². The molecule has 140 valence electrons. The van der Waals surface area contributed by atoms with Crippen LogP contribution in [0.4, 0.5) is 0 Å². The van der Waals surface area contributed by atoms with Gasteiger partial charge < -0.3 is 14.9 Å². The Balaban J connectivity index is 0.00000121. The summed E-state index contributed by atoms with van der Waals surface area (Å²) in [7, 11) is -0.386. The van der Waals surface area contributed by atoms with Crippen molar-refractivity contribution in [2.24, 2.45) is 5.92 Å². The molecule has 3 aliphatic carbocycles. The van der Waals surface area contributed by atoms with E-state index >= 15 is 0 Å². The van der Waals surface area contributed by atoms with Gasteiger partial charge in [0.2, 0.25) is 0 Å². The Labute approximate surface area is 186 Å². The van der Waals surface area contributed by atoms with Gasteiger partial charge in [0.25, 0.3) is 0 Å². The first-order valence-corrected chi connectivity index (χ1v) is 11.4. The van der Waals surface area contributed by atoms with Gasteiger partial charge in [-0.2, -0.15) is 11.1 Å². The summed E-state index contributed by atoms with van der Waals surface area (Å²) in [6.07, 6.45) is 16.2. The quantitative estimate of drug-likeness (QED) is 0.304. The summed E-state index contributed by atoms with van der Waals surface area (Å²) >= 11 is 0. The molecule has 0 saturated carbocycles. The normalized spacial score (nSPS) is 21.6. The van der Waals surface area contributed by atoms with E-state index in [1.54, 1.807) is 0 Å². The Morgan fingerprint density at radius 2 is 1.85 bits per heavy atom. The van der Waals surface area contributed by atoms with E-state index in [9.17, 15) is 0 Å². The summed E-state index contributed by atoms with van der Waals surface area (Å²) in [6.45, 7) is 7.00. The Morgan fingerprint density at radius 3 is 2.59 bits per heavy atom. The van der Waals surface area contributed by atoms with Crippen molar-refractivity contribution < 1.29 is 25.8 Å². The van der Waals surface area contributed by atoms with Gasteiger partial charge in [0.05, 0.1) is 0 Å². The SMILES string of the molecule is CC1=[C-]C2=CC=CCC(C=[Si](C)C)C2=C1C1C=Cc2ccccc21.[CH3-].[CH3-].[Hf]. The molecular weight excluding hydrogens is 507 g/mol. The molecule has 0 radical (unpaired) electrons. The Hall–Kier alpha value is -1.12. The van der Waals surface area contributed by atoms with E-state index in [0.29, 0.717) is 11.8 Å².